The van der Waals surface area contributed by atoms with Crippen LogP contribution in [-0.4, -0.2) is 84.4 Å². The van der Waals surface area contributed by atoms with Crippen LogP contribution in [0, 0.1) is 11.3 Å². The Balaban J connectivity index is 1.40. The van der Waals surface area contributed by atoms with E-state index in [0.29, 0.717) is 5.82 Å². The molecular formula is C30H39N7O6. The monoisotopic (exact) mass is 593 g/mol. The topological polar surface area (TPSA) is 169 Å². The molecule has 0 radical (unpaired) electrons. The quantitative estimate of drug-likeness (QED) is 0.370. The van der Waals surface area contributed by atoms with E-state index in [0.717, 1.165) is 31.2 Å². The number of hydrogen-bond donors (Lipinski definition) is 3. The summed E-state index contributed by atoms with van der Waals surface area (Å²) in [7, 11) is 0. The predicted molar refractivity (Wildman–Crippen MR) is 154 cm³/mol. The number of nitrogens with zero attached hydrogens (tertiary/aromatic N) is 5. The van der Waals surface area contributed by atoms with Crippen molar-refractivity contribution in [3.8, 4) is 11.4 Å². The highest BCUT2D eigenvalue weighted by molar-refractivity contribution is 5.96. The lowest BCUT2D eigenvalue weighted by atomic mass is 9.85. The molecule has 1 saturated heterocycles. The number of carboxylic acids is 1. The number of aromatic nitrogens is 4. The number of tetrazole rings is 1. The zero-order valence-corrected chi connectivity index (χ0v) is 24.7. The maximum Gasteiger partial charge on any atom is 0.408 e. The van der Waals surface area contributed by atoms with Gasteiger partial charge >= 0.3 is 12.1 Å². The first kappa shape index (κ1) is 30.2. The van der Waals surface area contributed by atoms with Crippen LogP contribution in [0.1, 0.15) is 65.3 Å². The van der Waals surface area contributed by atoms with Gasteiger partial charge in [-0.2, -0.15) is 4.80 Å². The van der Waals surface area contributed by atoms with Crippen molar-refractivity contribution in [2.45, 2.75) is 89.1 Å². The van der Waals surface area contributed by atoms with Gasteiger partial charge in [-0.1, -0.05) is 57.2 Å². The second-order valence-electron chi connectivity index (χ2n) is 12.8. The lowest BCUT2D eigenvalue weighted by molar-refractivity contribution is -0.146. The number of rotatable bonds is 9. The Morgan fingerprint density at radius 3 is 2.47 bits per heavy atom. The smallest absolute Gasteiger partial charge is 0.408 e. The molecule has 13 nitrogen and oxygen atoms in total. The Labute approximate surface area is 250 Å². The highest BCUT2D eigenvalue weighted by Gasteiger charge is 2.61. The molecule has 0 bridgehead atoms. The Hall–Kier alpha value is -4.29. The van der Waals surface area contributed by atoms with Gasteiger partial charge in [0.2, 0.25) is 17.6 Å². The summed E-state index contributed by atoms with van der Waals surface area (Å²) in [6.07, 6.45) is 4.51. The highest BCUT2D eigenvalue weighted by Crippen LogP contribution is 2.45. The van der Waals surface area contributed by atoms with E-state index in [1.165, 1.54) is 15.8 Å². The molecule has 43 heavy (non-hydrogen) atoms. The number of ether oxygens (including phenoxy) is 1. The largest absolute Gasteiger partial charge is 0.479 e. The molecule has 3 amide bonds. The summed E-state index contributed by atoms with van der Waals surface area (Å²) in [5.41, 5.74) is -1.44. The van der Waals surface area contributed by atoms with Gasteiger partial charge in [0, 0.05) is 24.4 Å². The molecule has 2 aromatic rings. The predicted octanol–water partition coefficient (Wildman–Crippen LogP) is 2.71. The van der Waals surface area contributed by atoms with Gasteiger partial charge < -0.3 is 25.4 Å². The van der Waals surface area contributed by atoms with Crippen molar-refractivity contribution in [3.63, 3.8) is 0 Å². The molecule has 1 aromatic heterocycles. The Morgan fingerprint density at radius 2 is 1.86 bits per heavy atom. The summed E-state index contributed by atoms with van der Waals surface area (Å²) in [5, 5.41) is 28.2. The van der Waals surface area contributed by atoms with Gasteiger partial charge in [0.05, 0.1) is 6.04 Å². The fourth-order valence-electron chi connectivity index (χ4n) is 6.00. The summed E-state index contributed by atoms with van der Waals surface area (Å²) in [6.45, 7) is 9.19. The maximum atomic E-state index is 14.2. The van der Waals surface area contributed by atoms with Gasteiger partial charge in [0.15, 0.2) is 0 Å². The molecule has 2 heterocycles. The maximum absolute atomic E-state index is 14.2. The van der Waals surface area contributed by atoms with Crippen molar-refractivity contribution in [1.29, 1.82) is 0 Å². The zero-order chi connectivity index (χ0) is 30.9. The first-order chi connectivity index (χ1) is 20.4. The number of carboxylic acid groups (broad SMARTS) is 1. The molecule has 230 valence electrons. The van der Waals surface area contributed by atoms with E-state index in [1.54, 1.807) is 0 Å². The van der Waals surface area contributed by atoms with Gasteiger partial charge in [-0.15, -0.1) is 16.8 Å². The minimum atomic E-state index is -1.47. The zero-order valence-electron chi connectivity index (χ0n) is 24.7. The third-order valence-electron chi connectivity index (χ3n) is 8.63. The van der Waals surface area contributed by atoms with Crippen LogP contribution in [-0.2, 0) is 19.1 Å². The van der Waals surface area contributed by atoms with Crippen molar-refractivity contribution in [2.75, 3.05) is 6.54 Å². The number of hydrogen-bond acceptors (Lipinski definition) is 8. The molecule has 0 spiro atoms. The summed E-state index contributed by atoms with van der Waals surface area (Å²) in [4.78, 5) is 55.7. The van der Waals surface area contributed by atoms with Crippen LogP contribution in [0.2, 0.25) is 0 Å². The van der Waals surface area contributed by atoms with Gasteiger partial charge in [-0.05, 0) is 42.7 Å². The van der Waals surface area contributed by atoms with Crippen molar-refractivity contribution in [2.24, 2.45) is 11.3 Å². The van der Waals surface area contributed by atoms with Gasteiger partial charge in [0.1, 0.15) is 23.7 Å². The lowest BCUT2D eigenvalue weighted by Crippen LogP contribution is -2.59. The minimum absolute atomic E-state index is 0.0540. The van der Waals surface area contributed by atoms with Crippen molar-refractivity contribution in [1.82, 2.24) is 35.7 Å². The van der Waals surface area contributed by atoms with Crippen LogP contribution in [0.25, 0.3) is 11.4 Å². The summed E-state index contributed by atoms with van der Waals surface area (Å²) in [5.74, 6) is -2.27. The van der Waals surface area contributed by atoms with E-state index >= 15 is 0 Å². The van der Waals surface area contributed by atoms with Crippen LogP contribution >= 0.6 is 0 Å². The number of likely N-dealkylation sites (tertiary alicyclic amines) is 1. The normalized spacial score (nSPS) is 26.0. The second kappa shape index (κ2) is 11.8. The minimum Gasteiger partial charge on any atom is -0.479 e. The number of benzene rings is 1. The van der Waals surface area contributed by atoms with E-state index in [1.807, 2.05) is 51.1 Å². The summed E-state index contributed by atoms with van der Waals surface area (Å²) in [6, 6.07) is 6.71. The second-order valence-corrected chi connectivity index (χ2v) is 12.8. The van der Waals surface area contributed by atoms with Crippen LogP contribution in [0.3, 0.4) is 0 Å². The van der Waals surface area contributed by atoms with E-state index in [9.17, 15) is 24.3 Å². The lowest BCUT2D eigenvalue weighted by Gasteiger charge is -2.35. The first-order valence-electron chi connectivity index (χ1n) is 14.7. The van der Waals surface area contributed by atoms with Gasteiger partial charge in [-0.25, -0.2) is 9.59 Å². The number of aliphatic carboxylic acids is 1. The SMILES string of the molecule is C=CC1CC1(NC(=O)C1CC(n2nnc(-c3ccccc3)n2)CN1C(=O)C(NC(=O)OC1CCCC1)C(C)(C)C)C(=O)O. The Bertz CT molecular complexity index is 1380. The fourth-order valence-corrected chi connectivity index (χ4v) is 6.00. The van der Waals surface area contributed by atoms with E-state index in [4.69, 9.17) is 4.74 Å². The molecule has 5 atom stereocenters. The van der Waals surface area contributed by atoms with E-state index in [2.05, 4.69) is 32.6 Å². The highest BCUT2D eigenvalue weighted by atomic mass is 16.6. The third-order valence-corrected chi connectivity index (χ3v) is 8.63. The molecule has 3 aliphatic rings. The van der Waals surface area contributed by atoms with Crippen molar-refractivity contribution in [3.05, 3.63) is 43.0 Å². The number of amides is 3. The fraction of sp³-hybridized carbons (Fsp3) is 0.567. The van der Waals surface area contributed by atoms with Crippen LogP contribution < -0.4 is 10.6 Å². The van der Waals surface area contributed by atoms with Gasteiger partial charge in [-0.3, -0.25) is 9.59 Å². The molecular weight excluding hydrogens is 554 g/mol. The molecule has 13 heteroatoms. The first-order valence-corrected chi connectivity index (χ1v) is 14.7. The van der Waals surface area contributed by atoms with E-state index < -0.39 is 58.9 Å². The molecule has 2 aliphatic carbocycles. The average Bonchev–Trinajstić information content (AvgIpc) is 3.43. The van der Waals surface area contributed by atoms with Crippen LogP contribution in [0.15, 0.2) is 43.0 Å². The van der Waals surface area contributed by atoms with Crippen LogP contribution in [0.5, 0.6) is 0 Å². The molecule has 5 unspecified atom stereocenters. The molecule has 1 aromatic carbocycles. The number of alkyl carbamates (subject to hydrolysis) is 1. The Kier molecular flexibility index (Phi) is 8.26. The summed E-state index contributed by atoms with van der Waals surface area (Å²) < 4.78 is 5.58. The summed E-state index contributed by atoms with van der Waals surface area (Å²) >= 11 is 0. The standard InChI is InChI=1S/C30H39N7O6/c1-5-19-16-30(19,27(40)41)32-25(38)22-15-20(37-34-24(33-35-37)18-11-7-6-8-12-18)17-36(22)26(39)23(29(2,3)4)31-28(42)43-21-13-9-10-14-21/h5-8,11-12,19-23H,1,9-10,13-17H2,2-4H3,(H,31,42)(H,32,38)(H,40,41). The van der Waals surface area contributed by atoms with E-state index in [-0.39, 0.29) is 25.5 Å². The number of carbonyl (C=O) groups excluding carboxylic acids is 3. The average molecular weight is 594 g/mol. The van der Waals surface area contributed by atoms with Crippen molar-refractivity contribution >= 4 is 23.9 Å². The van der Waals surface area contributed by atoms with Crippen molar-refractivity contribution < 1.29 is 29.0 Å². The molecule has 3 N–H and O–H groups in total. The number of nitrogens with one attached hydrogen (secondary N) is 2. The molecule has 5 rings (SSSR count). The number of carbonyl (C=O) groups is 4. The van der Waals surface area contributed by atoms with Crippen LogP contribution in [0.4, 0.5) is 4.79 Å². The molecule has 3 fully saturated rings. The Morgan fingerprint density at radius 1 is 1.16 bits per heavy atom. The molecule has 1 aliphatic heterocycles. The van der Waals surface area contributed by atoms with Gasteiger partial charge in [0.25, 0.3) is 0 Å². The third kappa shape index (κ3) is 6.25. The molecule has 2 saturated carbocycles.